The minimum Gasteiger partial charge on any atom is -0.456 e. The molecule has 0 unspecified atom stereocenters. The molecule has 0 radical (unpaired) electrons. The lowest BCUT2D eigenvalue weighted by Crippen LogP contribution is -2.36. The minimum atomic E-state index is -5.12. The van der Waals surface area contributed by atoms with Crippen LogP contribution in [0.1, 0.15) is 42.3 Å². The number of hydrogen-bond donors (Lipinski definition) is 1. The summed E-state index contributed by atoms with van der Waals surface area (Å²) >= 11 is 0. The first-order valence-electron chi connectivity index (χ1n) is 7.94. The molecule has 0 saturated heterocycles. The van der Waals surface area contributed by atoms with Crippen molar-refractivity contribution in [3.05, 3.63) is 34.9 Å². The Morgan fingerprint density at radius 3 is 1.79 bits per heavy atom. The molecule has 0 spiro atoms. The fraction of sp³-hybridized carbons (Fsp3) is 0.471. The van der Waals surface area contributed by atoms with E-state index < -0.39 is 65.6 Å². The third-order valence-corrected chi connectivity index (χ3v) is 3.05. The van der Waals surface area contributed by atoms with E-state index in [1.165, 1.54) is 0 Å². The molecule has 0 bridgehead atoms. The van der Waals surface area contributed by atoms with Gasteiger partial charge in [-0.1, -0.05) is 0 Å². The number of alkyl halides is 6. The Morgan fingerprint density at radius 1 is 0.897 bits per heavy atom. The highest BCUT2D eigenvalue weighted by molar-refractivity contribution is 5.98. The van der Waals surface area contributed by atoms with Gasteiger partial charge in [-0.15, -0.1) is 0 Å². The molecule has 1 N–H and O–H groups in total. The minimum absolute atomic E-state index is 0.131. The maximum Gasteiger partial charge on any atom is 0.416 e. The molecule has 1 rings (SSSR count). The lowest BCUT2D eigenvalue weighted by molar-refractivity contribution is -0.143. The molecule has 12 heteroatoms. The molecule has 0 fully saturated rings. The van der Waals surface area contributed by atoms with Gasteiger partial charge in [0.25, 0.3) is 0 Å². The summed E-state index contributed by atoms with van der Waals surface area (Å²) < 4.78 is 86.0. The molecule has 0 aromatic heterocycles. The second kappa shape index (κ2) is 8.70. The first kappa shape index (κ1) is 24.2. The van der Waals surface area contributed by atoms with Crippen molar-refractivity contribution in [3.63, 3.8) is 0 Å². The number of benzene rings is 1. The molecule has 0 aliphatic carbocycles. The van der Waals surface area contributed by atoms with Crippen molar-refractivity contribution in [1.82, 2.24) is 5.32 Å². The predicted octanol–water partition coefficient (Wildman–Crippen LogP) is 3.97. The number of carbonyl (C=O) groups excluding carboxylic acids is 3. The molecule has 0 aliphatic heterocycles. The molecular weight excluding hydrogens is 412 g/mol. The zero-order valence-corrected chi connectivity index (χ0v) is 15.5. The average molecular weight is 429 g/mol. The Morgan fingerprint density at radius 2 is 1.38 bits per heavy atom. The zero-order chi connectivity index (χ0) is 22.6. The van der Waals surface area contributed by atoms with E-state index in [-0.39, 0.29) is 18.2 Å². The van der Waals surface area contributed by atoms with Gasteiger partial charge in [0.2, 0.25) is 0 Å². The van der Waals surface area contributed by atoms with Crippen LogP contribution in [-0.4, -0.2) is 36.6 Å². The smallest absolute Gasteiger partial charge is 0.416 e. The number of hydrogen-bond acceptors (Lipinski definition) is 5. The van der Waals surface area contributed by atoms with E-state index in [1.807, 2.05) is 5.32 Å². The number of nitrogens with one attached hydrogen (secondary N) is 1. The van der Waals surface area contributed by atoms with E-state index in [1.54, 1.807) is 20.8 Å². The lowest BCUT2D eigenvalue weighted by atomic mass is 10.0. The van der Waals surface area contributed by atoms with Gasteiger partial charge in [-0.05, 0) is 39.0 Å². The molecule has 29 heavy (non-hydrogen) atoms. The van der Waals surface area contributed by atoms with Crippen LogP contribution in [0, 0.1) is 0 Å². The number of rotatable bonds is 5. The molecule has 1 amide bonds. The molecule has 1 aromatic rings. The van der Waals surface area contributed by atoms with Crippen LogP contribution in [0.25, 0.3) is 0 Å². The number of Topliss-reactive ketones (excluding diaryl/α,β-unsaturated/α-hetero) is 1. The maximum atomic E-state index is 12.8. The van der Waals surface area contributed by atoms with Crippen LogP contribution >= 0.6 is 0 Å². The molecule has 6 nitrogen and oxygen atoms in total. The highest BCUT2D eigenvalue weighted by Crippen LogP contribution is 2.36. The summed E-state index contributed by atoms with van der Waals surface area (Å²) in [5.41, 5.74) is -5.12. The van der Waals surface area contributed by atoms with Crippen LogP contribution in [0.3, 0.4) is 0 Å². The summed E-state index contributed by atoms with van der Waals surface area (Å²) in [5.74, 6) is -2.43. The van der Waals surface area contributed by atoms with Crippen LogP contribution in [0.5, 0.6) is 0 Å². The van der Waals surface area contributed by atoms with Gasteiger partial charge in [0.05, 0.1) is 11.1 Å². The summed E-state index contributed by atoms with van der Waals surface area (Å²) in [5, 5.41) is 2.02. The molecular formula is C17H17F6NO5. The third-order valence-electron chi connectivity index (χ3n) is 3.05. The van der Waals surface area contributed by atoms with Crippen LogP contribution < -0.4 is 5.32 Å². The molecule has 0 aliphatic rings. The Bertz CT molecular complexity index is 748. The van der Waals surface area contributed by atoms with Gasteiger partial charge in [-0.2, -0.15) is 26.3 Å². The van der Waals surface area contributed by atoms with Crippen molar-refractivity contribution in [2.24, 2.45) is 0 Å². The summed E-state index contributed by atoms with van der Waals surface area (Å²) in [6.07, 6.45) is -11.2. The number of alkyl carbamates (subject to hydrolysis) is 1. The predicted molar refractivity (Wildman–Crippen MR) is 86.0 cm³/mol. The van der Waals surface area contributed by atoms with E-state index in [4.69, 9.17) is 4.74 Å². The van der Waals surface area contributed by atoms with Gasteiger partial charge in [-0.25, -0.2) is 4.79 Å². The Labute approximate surface area is 161 Å². The summed E-state index contributed by atoms with van der Waals surface area (Å²) in [6, 6.07) is 0.322. The monoisotopic (exact) mass is 429 g/mol. The van der Waals surface area contributed by atoms with E-state index in [2.05, 4.69) is 4.74 Å². The summed E-state index contributed by atoms with van der Waals surface area (Å²) in [6.45, 7) is 2.85. The third kappa shape index (κ3) is 8.40. The van der Waals surface area contributed by atoms with Gasteiger partial charge < -0.3 is 14.8 Å². The highest BCUT2D eigenvalue weighted by Gasteiger charge is 2.37. The standard InChI is InChI=1S/C17H17F6NO5/c1-15(2,3)29-14(27)24-7-13(26)28-8-12(25)9-4-10(16(18,19)20)6-11(5-9)17(21,22)23/h4-6H,7-8H2,1-3H3,(H,24,27). The zero-order valence-electron chi connectivity index (χ0n) is 15.5. The lowest BCUT2D eigenvalue weighted by Gasteiger charge is -2.19. The molecule has 162 valence electrons. The number of esters is 1. The van der Waals surface area contributed by atoms with E-state index >= 15 is 0 Å². The topological polar surface area (TPSA) is 81.7 Å². The number of halogens is 6. The molecule has 0 heterocycles. The van der Waals surface area contributed by atoms with Crippen LogP contribution in [-0.2, 0) is 26.6 Å². The highest BCUT2D eigenvalue weighted by atomic mass is 19.4. The largest absolute Gasteiger partial charge is 0.456 e. The van der Waals surface area contributed by atoms with Crippen LogP contribution in [0.2, 0.25) is 0 Å². The van der Waals surface area contributed by atoms with Gasteiger partial charge in [0.15, 0.2) is 12.4 Å². The van der Waals surface area contributed by atoms with Crippen molar-refractivity contribution >= 4 is 17.8 Å². The van der Waals surface area contributed by atoms with Crippen molar-refractivity contribution < 1.29 is 50.2 Å². The number of ether oxygens (including phenoxy) is 2. The molecule has 1 aromatic carbocycles. The van der Waals surface area contributed by atoms with Crippen LogP contribution in [0.15, 0.2) is 18.2 Å². The second-order valence-electron chi connectivity index (χ2n) is 6.73. The normalized spacial score (nSPS) is 12.3. The Hall–Kier alpha value is -2.79. The molecule has 0 atom stereocenters. The Balaban J connectivity index is 2.79. The summed E-state index contributed by atoms with van der Waals surface area (Å²) in [7, 11) is 0. The van der Waals surface area contributed by atoms with Gasteiger partial charge in [0.1, 0.15) is 12.1 Å². The van der Waals surface area contributed by atoms with Gasteiger partial charge in [0, 0.05) is 5.56 Å². The molecule has 0 saturated carbocycles. The fourth-order valence-corrected chi connectivity index (χ4v) is 1.85. The van der Waals surface area contributed by atoms with Crippen molar-refractivity contribution in [2.45, 2.75) is 38.7 Å². The number of ketones is 1. The number of amides is 1. The second-order valence-corrected chi connectivity index (χ2v) is 6.73. The fourth-order valence-electron chi connectivity index (χ4n) is 1.85. The van der Waals surface area contributed by atoms with Crippen molar-refractivity contribution in [1.29, 1.82) is 0 Å². The van der Waals surface area contributed by atoms with Gasteiger partial charge in [-0.3, -0.25) is 9.59 Å². The maximum absolute atomic E-state index is 12.8. The Kier molecular flexibility index (Phi) is 7.28. The first-order valence-corrected chi connectivity index (χ1v) is 7.94. The van der Waals surface area contributed by atoms with E-state index in [9.17, 15) is 40.7 Å². The van der Waals surface area contributed by atoms with E-state index in [0.29, 0.717) is 0 Å². The first-order chi connectivity index (χ1) is 13.0. The van der Waals surface area contributed by atoms with Crippen LogP contribution in [0.4, 0.5) is 31.1 Å². The average Bonchev–Trinajstić information content (AvgIpc) is 2.54. The van der Waals surface area contributed by atoms with Crippen molar-refractivity contribution in [2.75, 3.05) is 13.2 Å². The summed E-state index contributed by atoms with van der Waals surface area (Å²) in [4.78, 5) is 34.8. The SMILES string of the molecule is CC(C)(C)OC(=O)NCC(=O)OCC(=O)c1cc(C(F)(F)F)cc(C(F)(F)F)c1. The van der Waals surface area contributed by atoms with E-state index in [0.717, 1.165) is 0 Å². The van der Waals surface area contributed by atoms with Gasteiger partial charge >= 0.3 is 24.4 Å². The van der Waals surface area contributed by atoms with Crippen molar-refractivity contribution in [3.8, 4) is 0 Å². The quantitative estimate of drug-likeness (QED) is 0.435. The number of carbonyl (C=O) groups is 3.